The van der Waals surface area contributed by atoms with Crippen molar-refractivity contribution >= 4 is 18.0 Å². The molecule has 0 aromatic carbocycles. The Kier molecular flexibility index (Phi) is 5.31. The Morgan fingerprint density at radius 2 is 1.83 bits per heavy atom. The Morgan fingerprint density at radius 3 is 2.33 bits per heavy atom. The van der Waals surface area contributed by atoms with E-state index in [2.05, 4.69) is 14.5 Å². The molecule has 0 spiro atoms. The fourth-order valence-corrected chi connectivity index (χ4v) is 1.16. The number of carbonyl (C=O) groups excluding carboxylic acids is 2. The van der Waals surface area contributed by atoms with Crippen molar-refractivity contribution in [2.75, 3.05) is 14.2 Å². The molecule has 0 saturated carbocycles. The van der Waals surface area contributed by atoms with E-state index in [-0.39, 0.29) is 5.57 Å². The van der Waals surface area contributed by atoms with Gasteiger partial charge in [-0.15, -0.1) is 0 Å². The number of methoxy groups -OCH3 is 2. The first-order valence-electron chi connectivity index (χ1n) is 5.15. The monoisotopic (exact) mass is 247 g/mol. The number of hydrogen-bond donors (Lipinski definition) is 0. The molecule has 0 unspecified atom stereocenters. The van der Waals surface area contributed by atoms with Crippen LogP contribution < -0.4 is 0 Å². The van der Waals surface area contributed by atoms with Crippen LogP contribution in [-0.2, 0) is 19.1 Å². The summed E-state index contributed by atoms with van der Waals surface area (Å²) in [5.74, 6) is -1.49. The summed E-state index contributed by atoms with van der Waals surface area (Å²) in [6, 6.07) is 5.42. The van der Waals surface area contributed by atoms with E-state index in [0.717, 1.165) is 0 Å². The zero-order valence-electron chi connectivity index (χ0n) is 10.1. The van der Waals surface area contributed by atoms with Gasteiger partial charge in [0.05, 0.1) is 19.9 Å². The smallest absolute Gasteiger partial charge is 0.345 e. The molecule has 0 aliphatic carbocycles. The average molecular weight is 247 g/mol. The standard InChI is InChI=1S/C13H13NO4/c1-17-12(15)11(13(16)18-2)8-5-7-10-6-3-4-9-14-10/h3-9H,1-2H3/b7-5+. The van der Waals surface area contributed by atoms with Crippen molar-refractivity contribution in [3.63, 3.8) is 0 Å². The molecule has 0 aliphatic heterocycles. The maximum absolute atomic E-state index is 11.3. The van der Waals surface area contributed by atoms with Crippen LogP contribution in [0.25, 0.3) is 6.08 Å². The SMILES string of the molecule is COC(=O)C(=C/C=C/c1ccccn1)C(=O)OC. The van der Waals surface area contributed by atoms with Crippen LogP contribution in [0, 0.1) is 0 Å². The van der Waals surface area contributed by atoms with Gasteiger partial charge in [-0.05, 0) is 24.3 Å². The van der Waals surface area contributed by atoms with E-state index in [1.54, 1.807) is 24.4 Å². The Bertz CT molecular complexity index is 459. The van der Waals surface area contributed by atoms with Gasteiger partial charge in [-0.3, -0.25) is 4.98 Å². The second-order valence-corrected chi connectivity index (χ2v) is 3.18. The van der Waals surface area contributed by atoms with Gasteiger partial charge in [0.25, 0.3) is 0 Å². The van der Waals surface area contributed by atoms with E-state index >= 15 is 0 Å². The Balaban J connectivity index is 2.87. The Labute approximate surface area is 105 Å². The maximum atomic E-state index is 11.3. The number of aromatic nitrogens is 1. The van der Waals surface area contributed by atoms with E-state index in [4.69, 9.17) is 0 Å². The van der Waals surface area contributed by atoms with Gasteiger partial charge in [0.2, 0.25) is 0 Å². The molecule has 0 atom stereocenters. The zero-order chi connectivity index (χ0) is 13.4. The number of pyridine rings is 1. The lowest BCUT2D eigenvalue weighted by atomic mass is 10.2. The van der Waals surface area contributed by atoms with Crippen molar-refractivity contribution in [3.8, 4) is 0 Å². The van der Waals surface area contributed by atoms with Crippen LogP contribution in [0.2, 0.25) is 0 Å². The van der Waals surface area contributed by atoms with E-state index in [9.17, 15) is 9.59 Å². The van der Waals surface area contributed by atoms with Crippen molar-refractivity contribution in [2.45, 2.75) is 0 Å². The van der Waals surface area contributed by atoms with Crippen molar-refractivity contribution in [1.29, 1.82) is 0 Å². The summed E-state index contributed by atoms with van der Waals surface area (Å²) < 4.78 is 8.96. The molecule has 1 rings (SSSR count). The maximum Gasteiger partial charge on any atom is 0.345 e. The minimum absolute atomic E-state index is 0.174. The lowest BCUT2D eigenvalue weighted by Crippen LogP contribution is -2.15. The zero-order valence-corrected chi connectivity index (χ0v) is 10.1. The van der Waals surface area contributed by atoms with Crippen LogP contribution in [-0.4, -0.2) is 31.1 Å². The number of esters is 2. The molecule has 0 radical (unpaired) electrons. The fourth-order valence-electron chi connectivity index (χ4n) is 1.16. The summed E-state index contributed by atoms with van der Waals surface area (Å²) >= 11 is 0. The van der Waals surface area contributed by atoms with Crippen LogP contribution in [0.15, 0.2) is 42.1 Å². The van der Waals surface area contributed by atoms with Gasteiger partial charge in [0.15, 0.2) is 0 Å². The highest BCUT2D eigenvalue weighted by atomic mass is 16.5. The summed E-state index contributed by atoms with van der Waals surface area (Å²) in [5, 5.41) is 0. The van der Waals surface area contributed by atoms with Gasteiger partial charge in [-0.1, -0.05) is 12.1 Å². The van der Waals surface area contributed by atoms with Crippen LogP contribution in [0.1, 0.15) is 5.69 Å². The summed E-state index contributed by atoms with van der Waals surface area (Å²) in [6.07, 6.45) is 6.16. The second kappa shape index (κ2) is 7.01. The molecule has 1 heterocycles. The van der Waals surface area contributed by atoms with Gasteiger partial charge in [-0.2, -0.15) is 0 Å². The van der Waals surface area contributed by atoms with E-state index in [0.29, 0.717) is 5.69 Å². The Hall–Kier alpha value is -2.43. The molecule has 0 aliphatic rings. The molecule has 5 nitrogen and oxygen atoms in total. The summed E-state index contributed by atoms with van der Waals surface area (Å²) in [4.78, 5) is 26.7. The number of allylic oxidation sites excluding steroid dienone is 2. The first kappa shape index (κ1) is 13.6. The van der Waals surface area contributed by atoms with Gasteiger partial charge in [0, 0.05) is 6.20 Å². The highest BCUT2D eigenvalue weighted by molar-refractivity contribution is 6.14. The van der Waals surface area contributed by atoms with Gasteiger partial charge < -0.3 is 9.47 Å². The van der Waals surface area contributed by atoms with Crippen molar-refractivity contribution in [1.82, 2.24) is 4.98 Å². The highest BCUT2D eigenvalue weighted by Gasteiger charge is 2.18. The number of carbonyl (C=O) groups is 2. The van der Waals surface area contributed by atoms with Crippen LogP contribution in [0.3, 0.4) is 0 Å². The van der Waals surface area contributed by atoms with Crippen molar-refractivity contribution in [2.24, 2.45) is 0 Å². The molecule has 94 valence electrons. The van der Waals surface area contributed by atoms with E-state index < -0.39 is 11.9 Å². The van der Waals surface area contributed by atoms with Crippen LogP contribution in [0.4, 0.5) is 0 Å². The van der Waals surface area contributed by atoms with Crippen LogP contribution >= 0.6 is 0 Å². The first-order chi connectivity index (χ1) is 8.69. The molecule has 0 bridgehead atoms. The predicted octanol–water partition coefficient (Wildman–Crippen LogP) is 1.37. The van der Waals surface area contributed by atoms with Crippen LogP contribution in [0.5, 0.6) is 0 Å². The van der Waals surface area contributed by atoms with Gasteiger partial charge in [-0.25, -0.2) is 9.59 Å². The molecule has 0 N–H and O–H groups in total. The third kappa shape index (κ3) is 3.86. The molecular formula is C13H13NO4. The number of nitrogens with zero attached hydrogens (tertiary/aromatic N) is 1. The molecular weight excluding hydrogens is 234 g/mol. The van der Waals surface area contributed by atoms with Crippen molar-refractivity contribution in [3.05, 3.63) is 47.8 Å². The second-order valence-electron chi connectivity index (χ2n) is 3.18. The van der Waals surface area contributed by atoms with E-state index in [1.165, 1.54) is 26.4 Å². The molecule has 0 saturated heterocycles. The summed E-state index contributed by atoms with van der Waals surface area (Å²) in [7, 11) is 2.39. The number of rotatable bonds is 4. The highest BCUT2D eigenvalue weighted by Crippen LogP contribution is 2.03. The summed E-state index contributed by atoms with van der Waals surface area (Å²) in [5.41, 5.74) is 0.537. The van der Waals surface area contributed by atoms with Gasteiger partial charge >= 0.3 is 11.9 Å². The van der Waals surface area contributed by atoms with Crippen molar-refractivity contribution < 1.29 is 19.1 Å². The Morgan fingerprint density at radius 1 is 1.17 bits per heavy atom. The molecule has 0 amide bonds. The lowest BCUT2D eigenvalue weighted by Gasteiger charge is -2.01. The molecule has 5 heteroatoms. The third-order valence-electron chi connectivity index (χ3n) is 2.03. The first-order valence-corrected chi connectivity index (χ1v) is 5.15. The molecule has 18 heavy (non-hydrogen) atoms. The topological polar surface area (TPSA) is 65.5 Å². The third-order valence-corrected chi connectivity index (χ3v) is 2.03. The quantitative estimate of drug-likeness (QED) is 0.264. The lowest BCUT2D eigenvalue weighted by molar-refractivity contribution is -0.144. The minimum atomic E-state index is -0.743. The van der Waals surface area contributed by atoms with E-state index in [1.807, 2.05) is 6.07 Å². The minimum Gasteiger partial charge on any atom is -0.465 e. The fraction of sp³-hybridized carbons (Fsp3) is 0.154. The average Bonchev–Trinajstić information content (AvgIpc) is 2.43. The number of ether oxygens (including phenoxy) is 2. The molecule has 1 aromatic heterocycles. The predicted molar refractivity (Wildman–Crippen MR) is 65.4 cm³/mol. The molecule has 0 fully saturated rings. The van der Waals surface area contributed by atoms with Gasteiger partial charge in [0.1, 0.15) is 5.57 Å². The summed E-state index contributed by atoms with van der Waals surface area (Å²) in [6.45, 7) is 0. The number of hydrogen-bond acceptors (Lipinski definition) is 5. The largest absolute Gasteiger partial charge is 0.465 e. The normalized spacial score (nSPS) is 9.89. The molecule has 1 aromatic rings.